The lowest BCUT2D eigenvalue weighted by Gasteiger charge is -2.70. The van der Waals surface area contributed by atoms with Gasteiger partial charge in [0.15, 0.2) is 6.10 Å². The van der Waals surface area contributed by atoms with Crippen molar-refractivity contribution in [2.75, 3.05) is 0 Å². The Morgan fingerprint density at radius 2 is 1.66 bits per heavy atom. The predicted molar refractivity (Wildman–Crippen MR) is 147 cm³/mol. The first-order valence-electron chi connectivity index (χ1n) is 15.1. The summed E-state index contributed by atoms with van der Waals surface area (Å²) < 4.78 is 36.0. The van der Waals surface area contributed by atoms with Gasteiger partial charge in [0.25, 0.3) is 0 Å². The molecule has 5 aliphatic rings. The molecule has 1 aromatic rings. The second-order valence-corrected chi connectivity index (χ2v) is 14.5. The maximum atomic E-state index is 13.6. The lowest BCUT2D eigenvalue weighted by molar-refractivity contribution is -0.292. The number of epoxide rings is 1. The first-order valence-corrected chi connectivity index (χ1v) is 15.1. The number of hydrogen-bond donors (Lipinski definition) is 1. The second kappa shape index (κ2) is 9.55. The average molecular weight is 617 g/mol. The summed E-state index contributed by atoms with van der Waals surface area (Å²) >= 11 is 0. The van der Waals surface area contributed by atoms with Crippen molar-refractivity contribution in [3.05, 3.63) is 24.2 Å². The fourth-order valence-corrected chi connectivity index (χ4v) is 10.7. The molecular weight excluding hydrogens is 576 g/mol. The van der Waals surface area contributed by atoms with Gasteiger partial charge in [-0.25, -0.2) is 4.79 Å². The van der Waals surface area contributed by atoms with E-state index in [0.717, 1.165) is 0 Å². The van der Waals surface area contributed by atoms with Gasteiger partial charge in [0.05, 0.1) is 18.9 Å². The first kappa shape index (κ1) is 30.6. The normalized spacial score (nSPS) is 45.1. The quantitative estimate of drug-likeness (QED) is 0.289. The topological polar surface area (TPSA) is 168 Å². The number of esters is 4. The molecule has 2 aliphatic carbocycles. The highest BCUT2D eigenvalue weighted by Crippen LogP contribution is 2.81. The Bertz CT molecular complexity index is 1420. The van der Waals surface area contributed by atoms with Crippen molar-refractivity contribution in [1.29, 1.82) is 0 Å². The third kappa shape index (κ3) is 3.88. The van der Waals surface area contributed by atoms with Crippen LogP contribution >= 0.6 is 0 Å². The summed E-state index contributed by atoms with van der Waals surface area (Å²) in [7, 11) is 0. The van der Waals surface area contributed by atoms with E-state index >= 15 is 0 Å². The number of ether oxygens (including phenoxy) is 5. The van der Waals surface area contributed by atoms with Crippen LogP contribution in [0.1, 0.15) is 85.8 Å². The van der Waals surface area contributed by atoms with Gasteiger partial charge in [-0.05, 0) is 44.6 Å². The summed E-state index contributed by atoms with van der Waals surface area (Å²) in [5.41, 5.74) is -5.03. The first-order chi connectivity index (χ1) is 20.4. The Morgan fingerprint density at radius 1 is 1.00 bits per heavy atom. The van der Waals surface area contributed by atoms with Crippen molar-refractivity contribution >= 4 is 29.8 Å². The molecular formula is C32H40O12. The zero-order valence-corrected chi connectivity index (χ0v) is 26.0. The molecule has 0 radical (unpaired) electrons. The van der Waals surface area contributed by atoms with Crippen LogP contribution in [0.25, 0.3) is 0 Å². The van der Waals surface area contributed by atoms with Crippen LogP contribution in [0.15, 0.2) is 23.0 Å². The van der Waals surface area contributed by atoms with Crippen LogP contribution in [0.5, 0.6) is 0 Å². The van der Waals surface area contributed by atoms with E-state index < -0.39 is 99.5 Å². The highest BCUT2D eigenvalue weighted by atomic mass is 16.7. The maximum Gasteiger partial charge on any atom is 0.339 e. The number of aliphatic carboxylic acids is 1. The van der Waals surface area contributed by atoms with Crippen molar-refractivity contribution in [2.45, 2.75) is 110 Å². The van der Waals surface area contributed by atoms with Crippen molar-refractivity contribution in [1.82, 2.24) is 0 Å². The molecule has 0 bridgehead atoms. The summed E-state index contributed by atoms with van der Waals surface area (Å²) in [6.45, 7) is 11.9. The lowest BCUT2D eigenvalue weighted by atomic mass is 9.34. The number of furan rings is 1. The molecule has 1 spiro atoms. The van der Waals surface area contributed by atoms with Gasteiger partial charge < -0.3 is 33.2 Å². The largest absolute Gasteiger partial charge is 0.481 e. The molecule has 0 amide bonds. The minimum absolute atomic E-state index is 0.181. The van der Waals surface area contributed by atoms with Crippen LogP contribution < -0.4 is 0 Å². The van der Waals surface area contributed by atoms with Crippen LogP contribution in [0.2, 0.25) is 0 Å². The van der Waals surface area contributed by atoms with E-state index in [0.29, 0.717) is 5.56 Å². The molecule has 6 rings (SSSR count). The minimum atomic E-state index is -1.26. The highest BCUT2D eigenvalue weighted by Gasteiger charge is 2.90. The number of rotatable bonds is 5. The molecule has 11 atom stereocenters. The molecule has 2 saturated carbocycles. The summed E-state index contributed by atoms with van der Waals surface area (Å²) in [4.78, 5) is 64.8. The number of carboxylic acids is 1. The van der Waals surface area contributed by atoms with Crippen molar-refractivity contribution in [3.63, 3.8) is 0 Å². The van der Waals surface area contributed by atoms with Crippen molar-refractivity contribution in [3.8, 4) is 0 Å². The fourth-order valence-electron chi connectivity index (χ4n) is 10.7. The van der Waals surface area contributed by atoms with Crippen LogP contribution in [0, 0.1) is 34.0 Å². The number of hydrogen-bond acceptors (Lipinski definition) is 11. The Kier molecular flexibility index (Phi) is 6.64. The monoisotopic (exact) mass is 616 g/mol. The molecule has 0 unspecified atom stereocenters. The van der Waals surface area contributed by atoms with Crippen molar-refractivity contribution < 1.29 is 57.2 Å². The predicted octanol–water partition coefficient (Wildman–Crippen LogP) is 3.75. The van der Waals surface area contributed by atoms with Crippen LogP contribution in [-0.2, 0) is 47.7 Å². The van der Waals surface area contributed by atoms with Gasteiger partial charge in [0.2, 0.25) is 0 Å². The average Bonchev–Trinajstić information content (AvgIpc) is 3.47. The van der Waals surface area contributed by atoms with E-state index in [2.05, 4.69) is 0 Å². The summed E-state index contributed by atoms with van der Waals surface area (Å²) in [6, 6.07) is 1.70. The van der Waals surface area contributed by atoms with Gasteiger partial charge in [0, 0.05) is 48.0 Å². The smallest absolute Gasteiger partial charge is 0.339 e. The number of carboxylic acid groups (broad SMARTS) is 1. The van der Waals surface area contributed by atoms with Gasteiger partial charge in [-0.1, -0.05) is 20.8 Å². The van der Waals surface area contributed by atoms with E-state index in [1.54, 1.807) is 19.9 Å². The van der Waals surface area contributed by atoms with Gasteiger partial charge in [-0.15, -0.1) is 0 Å². The summed E-state index contributed by atoms with van der Waals surface area (Å²) in [5, 5.41) is 10.3. The standard InChI is InChI=1S/C32H40O12/c1-15(33)40-20-12-23(37)43-28(3,4)19-11-21(41-16(2)34)31(7)24(30(19,20)6)18(10-22(35)36)13-29(5)25(17-8-9-39-14-17)42-27(38)26-32(29,31)44-26/h8-9,14,18-21,24-26H,10-13H2,1-7H3,(H,35,36)/t18-,19-,20+,21+,24+,25-,26+,29-,30+,31+,32+/m0/s1. The zero-order valence-electron chi connectivity index (χ0n) is 26.0. The summed E-state index contributed by atoms with van der Waals surface area (Å²) in [6.07, 6.45) is -0.838. The Hall–Kier alpha value is -3.41. The molecule has 1 aromatic heterocycles. The molecule has 3 saturated heterocycles. The van der Waals surface area contributed by atoms with Gasteiger partial charge in [-0.2, -0.15) is 0 Å². The lowest BCUT2D eigenvalue weighted by Crippen LogP contribution is -2.76. The van der Waals surface area contributed by atoms with E-state index in [1.165, 1.54) is 26.4 Å². The number of cyclic esters (lactones) is 2. The Morgan fingerprint density at radius 3 is 2.25 bits per heavy atom. The maximum absolute atomic E-state index is 13.6. The summed E-state index contributed by atoms with van der Waals surface area (Å²) in [5.74, 6) is -5.16. The third-order valence-corrected chi connectivity index (χ3v) is 11.8. The van der Waals surface area contributed by atoms with Crippen LogP contribution in [0.4, 0.5) is 0 Å². The Labute approximate surface area is 255 Å². The highest BCUT2D eigenvalue weighted by molar-refractivity contribution is 5.83. The molecule has 1 N–H and O–H groups in total. The fraction of sp³-hybridized carbons (Fsp3) is 0.719. The zero-order chi connectivity index (χ0) is 32.2. The van der Waals surface area contributed by atoms with Gasteiger partial charge in [-0.3, -0.25) is 19.2 Å². The second-order valence-electron chi connectivity index (χ2n) is 14.5. The molecule has 12 heteroatoms. The number of carbonyl (C=O) groups is 5. The molecule has 5 fully saturated rings. The minimum Gasteiger partial charge on any atom is -0.481 e. The van der Waals surface area contributed by atoms with Gasteiger partial charge in [0.1, 0.15) is 29.5 Å². The Balaban J connectivity index is 1.65. The molecule has 4 heterocycles. The van der Waals surface area contributed by atoms with Crippen LogP contribution in [-0.4, -0.2) is 64.5 Å². The molecule has 44 heavy (non-hydrogen) atoms. The molecule has 0 aromatic carbocycles. The van der Waals surface area contributed by atoms with E-state index in [1.807, 2.05) is 20.8 Å². The molecule has 12 nitrogen and oxygen atoms in total. The van der Waals surface area contributed by atoms with Crippen molar-refractivity contribution in [2.24, 2.45) is 34.0 Å². The third-order valence-electron chi connectivity index (χ3n) is 11.8. The molecule has 3 aliphatic heterocycles. The van der Waals surface area contributed by atoms with E-state index in [9.17, 15) is 29.1 Å². The van der Waals surface area contributed by atoms with Gasteiger partial charge >= 0.3 is 29.8 Å². The number of fused-ring (bicyclic) bond motifs is 3. The SMILES string of the molecule is CC(=O)O[C@@H]1CC(=O)OC(C)(C)[C@@H]2C[C@@H](OC(C)=O)[C@]3(C)[C@H]([C@@H](CC(=O)O)C[C@@]4(C)[C@H](c5ccoc5)OC(=O)[C@H]5O[C@@]534)[C@@]12C. The van der Waals surface area contributed by atoms with E-state index in [4.69, 9.17) is 28.1 Å². The molecule has 240 valence electrons. The van der Waals surface area contributed by atoms with E-state index in [-0.39, 0.29) is 25.7 Å². The number of carbonyl (C=O) groups excluding carboxylic acids is 4. The van der Waals surface area contributed by atoms with Crippen LogP contribution in [0.3, 0.4) is 0 Å².